The average molecular weight is 381 g/mol. The molecule has 2 heterocycles. The van der Waals surface area contributed by atoms with E-state index in [1.807, 2.05) is 6.92 Å². The predicted octanol–water partition coefficient (Wildman–Crippen LogP) is 2.25. The Labute approximate surface area is 154 Å². The summed E-state index contributed by atoms with van der Waals surface area (Å²) in [6.07, 6.45) is 6.91. The number of ether oxygens (including phenoxy) is 1. The summed E-state index contributed by atoms with van der Waals surface area (Å²) in [7, 11) is -2.93. The lowest BCUT2D eigenvalue weighted by atomic mass is 9.95. The van der Waals surface area contributed by atoms with Gasteiger partial charge in [0.1, 0.15) is 27.8 Å². The summed E-state index contributed by atoms with van der Waals surface area (Å²) in [6, 6.07) is 0. The maximum Gasteiger partial charge on any atom is 0.151 e. The number of unbranched alkanes of at least 4 members (excludes halogenated alkanes) is 1. The first-order chi connectivity index (χ1) is 12.4. The van der Waals surface area contributed by atoms with Crippen molar-refractivity contribution in [2.75, 3.05) is 24.3 Å². The minimum atomic E-state index is -2.93. The van der Waals surface area contributed by atoms with E-state index in [1.54, 1.807) is 0 Å². The van der Waals surface area contributed by atoms with Gasteiger partial charge in [-0.25, -0.2) is 18.4 Å². The maximum atomic E-state index is 11.4. The van der Waals surface area contributed by atoms with Crippen molar-refractivity contribution in [3.05, 3.63) is 17.1 Å². The zero-order valence-corrected chi connectivity index (χ0v) is 16.4. The fourth-order valence-corrected chi connectivity index (χ4v) is 4.36. The standard InChI is InChI=1S/C18H28N4O3S/c1-3-25-12-15-21-16-17(22(15)10-6-7-11-26(2,23)24)13-8-4-5-9-14(13)20-18(16)19/h3-12H2,1-2H3,(H2,19,20). The predicted molar refractivity (Wildman–Crippen MR) is 103 cm³/mol. The lowest BCUT2D eigenvalue weighted by molar-refractivity contribution is 0.126. The van der Waals surface area contributed by atoms with Crippen LogP contribution in [-0.2, 0) is 40.6 Å². The van der Waals surface area contributed by atoms with Gasteiger partial charge in [0.15, 0.2) is 5.82 Å². The maximum absolute atomic E-state index is 11.4. The SMILES string of the molecule is CCOCc1nc2c(N)nc3c(c2n1CCCCS(C)(=O)=O)CCCC3. The number of hydrogen-bond acceptors (Lipinski definition) is 6. The first-order valence-corrected chi connectivity index (χ1v) is 11.4. The van der Waals surface area contributed by atoms with Gasteiger partial charge in [-0.05, 0) is 51.0 Å². The molecule has 0 aliphatic heterocycles. The number of sulfone groups is 1. The van der Waals surface area contributed by atoms with Crippen LogP contribution < -0.4 is 5.73 Å². The van der Waals surface area contributed by atoms with Crippen LogP contribution in [0.25, 0.3) is 11.0 Å². The van der Waals surface area contributed by atoms with Gasteiger partial charge in [0.25, 0.3) is 0 Å². The molecule has 0 unspecified atom stereocenters. The van der Waals surface area contributed by atoms with Gasteiger partial charge in [-0.15, -0.1) is 0 Å². The van der Waals surface area contributed by atoms with Crippen molar-refractivity contribution < 1.29 is 13.2 Å². The number of rotatable bonds is 8. The highest BCUT2D eigenvalue weighted by Gasteiger charge is 2.22. The van der Waals surface area contributed by atoms with E-state index in [4.69, 9.17) is 15.5 Å². The van der Waals surface area contributed by atoms with Gasteiger partial charge < -0.3 is 15.0 Å². The topological polar surface area (TPSA) is 100 Å². The van der Waals surface area contributed by atoms with E-state index in [0.717, 1.165) is 54.7 Å². The number of anilines is 1. The van der Waals surface area contributed by atoms with Gasteiger partial charge in [-0.3, -0.25) is 0 Å². The van der Waals surface area contributed by atoms with Crippen LogP contribution in [0.5, 0.6) is 0 Å². The summed E-state index contributed by atoms with van der Waals surface area (Å²) < 4.78 is 30.5. The number of nitrogens with two attached hydrogens (primary N) is 1. The molecule has 0 bridgehead atoms. The smallest absolute Gasteiger partial charge is 0.151 e. The van der Waals surface area contributed by atoms with Crippen molar-refractivity contribution in [3.8, 4) is 0 Å². The molecule has 144 valence electrons. The van der Waals surface area contributed by atoms with Crippen molar-refractivity contribution in [1.82, 2.24) is 14.5 Å². The molecule has 0 aromatic carbocycles. The minimum absolute atomic E-state index is 0.211. The first kappa shape index (κ1) is 19.1. The molecule has 0 amide bonds. The number of fused-ring (bicyclic) bond motifs is 3. The van der Waals surface area contributed by atoms with Crippen molar-refractivity contribution >= 4 is 26.7 Å². The fourth-order valence-electron chi connectivity index (χ4n) is 3.63. The molecule has 0 spiro atoms. The Kier molecular flexibility index (Phi) is 5.82. The Hall–Kier alpha value is -1.67. The molecule has 2 N–H and O–H groups in total. The molecule has 2 aromatic heterocycles. The second-order valence-electron chi connectivity index (χ2n) is 6.98. The van der Waals surface area contributed by atoms with E-state index >= 15 is 0 Å². The van der Waals surface area contributed by atoms with Gasteiger partial charge in [0.2, 0.25) is 0 Å². The number of aryl methyl sites for hydroxylation is 3. The van der Waals surface area contributed by atoms with Crippen LogP contribution in [0.3, 0.4) is 0 Å². The molecular weight excluding hydrogens is 352 g/mol. The van der Waals surface area contributed by atoms with Gasteiger partial charge in [-0.2, -0.15) is 0 Å². The summed E-state index contributed by atoms with van der Waals surface area (Å²) in [4.78, 5) is 9.30. The van der Waals surface area contributed by atoms with E-state index in [1.165, 1.54) is 11.8 Å². The molecular formula is C18H28N4O3S. The van der Waals surface area contributed by atoms with E-state index in [2.05, 4.69) is 9.55 Å². The zero-order chi connectivity index (χ0) is 18.7. The summed E-state index contributed by atoms with van der Waals surface area (Å²) >= 11 is 0. The molecule has 7 nitrogen and oxygen atoms in total. The fraction of sp³-hybridized carbons (Fsp3) is 0.667. The molecule has 0 saturated heterocycles. The van der Waals surface area contributed by atoms with Crippen molar-refractivity contribution in [3.63, 3.8) is 0 Å². The molecule has 3 rings (SSSR count). The molecule has 26 heavy (non-hydrogen) atoms. The normalized spacial score (nSPS) is 14.7. The third kappa shape index (κ3) is 4.17. The summed E-state index contributed by atoms with van der Waals surface area (Å²) in [5, 5.41) is 0. The Morgan fingerprint density at radius 2 is 1.96 bits per heavy atom. The lowest BCUT2D eigenvalue weighted by Gasteiger charge is -2.18. The van der Waals surface area contributed by atoms with Gasteiger partial charge >= 0.3 is 0 Å². The van der Waals surface area contributed by atoms with Crippen LogP contribution in [0.4, 0.5) is 5.82 Å². The van der Waals surface area contributed by atoms with Crippen LogP contribution in [0, 0.1) is 0 Å². The molecule has 0 saturated carbocycles. The van der Waals surface area contributed by atoms with Gasteiger partial charge in [0, 0.05) is 30.9 Å². The number of pyridine rings is 1. The number of nitrogen functional groups attached to an aromatic ring is 1. The molecule has 1 aliphatic carbocycles. The highest BCUT2D eigenvalue weighted by Crippen LogP contribution is 2.32. The molecule has 0 radical (unpaired) electrons. The highest BCUT2D eigenvalue weighted by atomic mass is 32.2. The molecule has 2 aromatic rings. The highest BCUT2D eigenvalue weighted by molar-refractivity contribution is 7.90. The monoisotopic (exact) mass is 380 g/mol. The quantitative estimate of drug-likeness (QED) is 0.705. The summed E-state index contributed by atoms with van der Waals surface area (Å²) in [6.45, 7) is 3.70. The molecule has 0 fully saturated rings. The van der Waals surface area contributed by atoms with Crippen LogP contribution in [0.15, 0.2) is 0 Å². The second-order valence-corrected chi connectivity index (χ2v) is 9.24. The summed E-state index contributed by atoms with van der Waals surface area (Å²) in [5.41, 5.74) is 10.4. The third-order valence-corrected chi connectivity index (χ3v) is 5.88. The van der Waals surface area contributed by atoms with E-state index in [9.17, 15) is 8.42 Å². The molecule has 0 atom stereocenters. The number of imidazole rings is 1. The van der Waals surface area contributed by atoms with Crippen molar-refractivity contribution in [2.24, 2.45) is 0 Å². The van der Waals surface area contributed by atoms with Gasteiger partial charge in [0.05, 0.1) is 5.52 Å². The number of nitrogens with zero attached hydrogens (tertiary/aromatic N) is 3. The number of aromatic nitrogens is 3. The van der Waals surface area contributed by atoms with Crippen molar-refractivity contribution in [1.29, 1.82) is 0 Å². The van der Waals surface area contributed by atoms with Crippen LogP contribution >= 0.6 is 0 Å². The van der Waals surface area contributed by atoms with Gasteiger partial charge in [-0.1, -0.05) is 0 Å². The summed E-state index contributed by atoms with van der Waals surface area (Å²) in [5.74, 6) is 1.53. The Morgan fingerprint density at radius 3 is 2.69 bits per heavy atom. The minimum Gasteiger partial charge on any atom is -0.382 e. The largest absolute Gasteiger partial charge is 0.382 e. The van der Waals surface area contributed by atoms with E-state index < -0.39 is 9.84 Å². The second kappa shape index (κ2) is 7.92. The number of hydrogen-bond donors (Lipinski definition) is 1. The molecule has 1 aliphatic rings. The van der Waals surface area contributed by atoms with Crippen LogP contribution in [0.2, 0.25) is 0 Å². The van der Waals surface area contributed by atoms with Crippen molar-refractivity contribution in [2.45, 2.75) is 58.6 Å². The molecule has 8 heteroatoms. The lowest BCUT2D eigenvalue weighted by Crippen LogP contribution is -2.12. The van der Waals surface area contributed by atoms with Crippen LogP contribution in [-0.4, -0.2) is 41.6 Å². The third-order valence-electron chi connectivity index (χ3n) is 4.85. The van der Waals surface area contributed by atoms with E-state index in [0.29, 0.717) is 32.0 Å². The zero-order valence-electron chi connectivity index (χ0n) is 15.6. The van der Waals surface area contributed by atoms with Crippen LogP contribution in [0.1, 0.15) is 49.7 Å². The van der Waals surface area contributed by atoms with E-state index in [-0.39, 0.29) is 5.75 Å². The Balaban J connectivity index is 1.97. The Bertz CT molecular complexity index is 890. The average Bonchev–Trinajstić information content (AvgIpc) is 2.95. The first-order valence-electron chi connectivity index (χ1n) is 9.32. The Morgan fingerprint density at radius 1 is 1.19 bits per heavy atom.